The molecule has 0 rings (SSSR count). The monoisotopic (exact) mass is 238 g/mol. The van der Waals surface area contributed by atoms with Gasteiger partial charge in [0.15, 0.2) is 0 Å². The first kappa shape index (κ1) is 17.1. The molecule has 0 aliphatic heterocycles. The van der Waals surface area contributed by atoms with E-state index in [9.17, 15) is 4.79 Å². The van der Waals surface area contributed by atoms with Crippen molar-refractivity contribution >= 4 is 18.3 Å². The Balaban J connectivity index is 0. The van der Waals surface area contributed by atoms with Gasteiger partial charge in [-0.3, -0.25) is 4.79 Å². The van der Waals surface area contributed by atoms with Gasteiger partial charge in [-0.05, 0) is 19.8 Å². The highest BCUT2D eigenvalue weighted by atomic mass is 35.5. The van der Waals surface area contributed by atoms with Crippen LogP contribution in [-0.4, -0.2) is 31.2 Å². The van der Waals surface area contributed by atoms with Gasteiger partial charge in [0, 0.05) is 18.7 Å². The fourth-order valence-electron chi connectivity index (χ4n) is 1.02. The highest BCUT2D eigenvalue weighted by molar-refractivity contribution is 5.85. The van der Waals surface area contributed by atoms with Gasteiger partial charge in [-0.25, -0.2) is 0 Å². The van der Waals surface area contributed by atoms with Gasteiger partial charge >= 0.3 is 0 Å². The molecule has 3 N–H and O–H groups in total. The lowest BCUT2D eigenvalue weighted by Gasteiger charge is -2.26. The van der Waals surface area contributed by atoms with Crippen molar-refractivity contribution < 1.29 is 9.53 Å². The van der Waals surface area contributed by atoms with Crippen molar-refractivity contribution in [1.82, 2.24) is 5.32 Å². The van der Waals surface area contributed by atoms with E-state index in [0.717, 1.165) is 12.8 Å². The summed E-state index contributed by atoms with van der Waals surface area (Å²) < 4.78 is 4.97. The predicted molar refractivity (Wildman–Crippen MR) is 64.3 cm³/mol. The number of nitrogens with two attached hydrogens (primary N) is 1. The normalized spacial score (nSPS) is 10.7. The number of carbonyl (C=O) groups is 1. The van der Waals surface area contributed by atoms with Crippen molar-refractivity contribution in [3.05, 3.63) is 0 Å². The average Bonchev–Trinajstić information content (AvgIpc) is 2.23. The van der Waals surface area contributed by atoms with Crippen LogP contribution in [0.3, 0.4) is 0 Å². The molecular weight excluding hydrogens is 216 g/mol. The van der Waals surface area contributed by atoms with Gasteiger partial charge in [-0.1, -0.05) is 13.8 Å². The van der Waals surface area contributed by atoms with Crippen molar-refractivity contribution in [2.24, 2.45) is 5.73 Å². The zero-order valence-electron chi connectivity index (χ0n) is 9.84. The summed E-state index contributed by atoms with van der Waals surface area (Å²) >= 11 is 0. The first-order valence-electron chi connectivity index (χ1n) is 5.21. The fourth-order valence-corrected chi connectivity index (χ4v) is 1.02. The van der Waals surface area contributed by atoms with E-state index in [1.807, 2.05) is 20.8 Å². The highest BCUT2D eigenvalue weighted by Crippen LogP contribution is 2.08. The summed E-state index contributed by atoms with van der Waals surface area (Å²) in [6, 6.07) is 0. The summed E-state index contributed by atoms with van der Waals surface area (Å²) in [6.45, 7) is 7.11. The number of carbonyl (C=O) groups excluding carboxylic acids is 1. The van der Waals surface area contributed by atoms with Crippen LogP contribution in [0, 0.1) is 0 Å². The summed E-state index contributed by atoms with van der Waals surface area (Å²) in [5.41, 5.74) is 5.74. The Kier molecular flexibility index (Phi) is 10.2. The van der Waals surface area contributed by atoms with E-state index < -0.39 is 0 Å². The number of hydrogen-bond donors (Lipinski definition) is 2. The van der Waals surface area contributed by atoms with Gasteiger partial charge in [0.2, 0.25) is 5.91 Å². The molecule has 0 spiro atoms. The second kappa shape index (κ2) is 8.95. The molecule has 15 heavy (non-hydrogen) atoms. The molecule has 0 aliphatic carbocycles. The van der Waals surface area contributed by atoms with Gasteiger partial charge in [0.1, 0.15) is 6.61 Å². The molecule has 0 fully saturated rings. The lowest BCUT2D eigenvalue weighted by atomic mass is 9.94. The minimum Gasteiger partial charge on any atom is -0.372 e. The van der Waals surface area contributed by atoms with Crippen molar-refractivity contribution in [2.45, 2.75) is 39.2 Å². The summed E-state index contributed by atoms with van der Waals surface area (Å²) in [7, 11) is 0. The van der Waals surface area contributed by atoms with E-state index in [-0.39, 0.29) is 30.5 Å². The van der Waals surface area contributed by atoms with E-state index in [4.69, 9.17) is 10.5 Å². The second-order valence-electron chi connectivity index (χ2n) is 3.48. The molecule has 0 unspecified atom stereocenters. The molecule has 0 atom stereocenters. The van der Waals surface area contributed by atoms with Crippen LogP contribution < -0.4 is 11.1 Å². The maximum Gasteiger partial charge on any atom is 0.246 e. The van der Waals surface area contributed by atoms with E-state index in [1.165, 1.54) is 0 Å². The van der Waals surface area contributed by atoms with Crippen molar-refractivity contribution in [1.29, 1.82) is 0 Å². The molecule has 0 aromatic rings. The molecule has 0 heterocycles. The number of amides is 1. The summed E-state index contributed by atoms with van der Waals surface area (Å²) in [6.07, 6.45) is 1.72. The van der Waals surface area contributed by atoms with Gasteiger partial charge in [0.05, 0.1) is 0 Å². The van der Waals surface area contributed by atoms with E-state index in [1.54, 1.807) is 0 Å². The maximum absolute atomic E-state index is 11.2. The molecule has 0 aromatic carbocycles. The number of ether oxygens (including phenoxy) is 1. The topological polar surface area (TPSA) is 64.3 Å². The molecule has 1 amide bonds. The summed E-state index contributed by atoms with van der Waals surface area (Å²) in [4.78, 5) is 11.2. The third-order valence-electron chi connectivity index (χ3n) is 2.48. The predicted octanol–water partition coefficient (Wildman–Crippen LogP) is 1.08. The summed E-state index contributed by atoms with van der Waals surface area (Å²) in [5.74, 6) is -0.0939. The second-order valence-corrected chi connectivity index (χ2v) is 3.48. The highest BCUT2D eigenvalue weighted by Gasteiger charge is 2.20. The number of hydrogen-bond acceptors (Lipinski definition) is 3. The zero-order chi connectivity index (χ0) is 11.0. The molecule has 0 saturated carbocycles. The average molecular weight is 239 g/mol. The third kappa shape index (κ3) is 7.59. The Hall–Kier alpha value is -0.320. The van der Waals surface area contributed by atoms with Crippen LogP contribution in [0.4, 0.5) is 0 Å². The van der Waals surface area contributed by atoms with Gasteiger partial charge in [-0.2, -0.15) is 0 Å². The lowest BCUT2D eigenvalue weighted by molar-refractivity contribution is -0.125. The quantitative estimate of drug-likeness (QED) is 0.698. The lowest BCUT2D eigenvalue weighted by Crippen LogP contribution is -2.49. The molecular formula is C10H23ClN2O2. The van der Waals surface area contributed by atoms with Crippen LogP contribution in [0.15, 0.2) is 0 Å². The van der Waals surface area contributed by atoms with E-state index in [2.05, 4.69) is 5.32 Å². The van der Waals surface area contributed by atoms with E-state index >= 15 is 0 Å². The Morgan fingerprint density at radius 2 is 1.87 bits per heavy atom. The largest absolute Gasteiger partial charge is 0.372 e. The van der Waals surface area contributed by atoms with Crippen LogP contribution >= 0.6 is 12.4 Å². The van der Waals surface area contributed by atoms with Crippen molar-refractivity contribution in [3.63, 3.8) is 0 Å². The maximum atomic E-state index is 11.2. The van der Waals surface area contributed by atoms with Crippen LogP contribution in [0.25, 0.3) is 0 Å². The van der Waals surface area contributed by atoms with Crippen molar-refractivity contribution in [3.8, 4) is 0 Å². The molecule has 0 radical (unpaired) electrons. The molecule has 5 heteroatoms. The van der Waals surface area contributed by atoms with Gasteiger partial charge < -0.3 is 15.8 Å². The molecule has 0 saturated heterocycles. The van der Waals surface area contributed by atoms with Crippen LogP contribution in [0.1, 0.15) is 33.6 Å². The number of rotatable bonds is 7. The zero-order valence-corrected chi connectivity index (χ0v) is 10.7. The SMILES string of the molecule is CCOCC(=O)NCC(N)(CC)CC.Cl. The van der Waals surface area contributed by atoms with Gasteiger partial charge in [-0.15, -0.1) is 12.4 Å². The van der Waals surface area contributed by atoms with Crippen LogP contribution in [0.5, 0.6) is 0 Å². The Morgan fingerprint density at radius 3 is 2.27 bits per heavy atom. The minimum atomic E-state index is -0.276. The Bertz CT molecular complexity index is 173. The standard InChI is InChI=1S/C10H22N2O2.ClH/c1-4-10(11,5-2)8-12-9(13)7-14-6-3;/h4-8,11H2,1-3H3,(H,12,13);1H. The molecule has 0 aliphatic rings. The third-order valence-corrected chi connectivity index (χ3v) is 2.48. The van der Waals surface area contributed by atoms with Gasteiger partial charge in [0.25, 0.3) is 0 Å². The smallest absolute Gasteiger partial charge is 0.246 e. The van der Waals surface area contributed by atoms with Crippen molar-refractivity contribution in [2.75, 3.05) is 19.8 Å². The first-order chi connectivity index (χ1) is 6.58. The van der Waals surface area contributed by atoms with E-state index in [0.29, 0.717) is 13.2 Å². The Morgan fingerprint density at radius 1 is 1.33 bits per heavy atom. The summed E-state index contributed by atoms with van der Waals surface area (Å²) in [5, 5.41) is 2.77. The molecule has 0 bridgehead atoms. The minimum absolute atomic E-state index is 0. The number of halogens is 1. The molecule has 92 valence electrons. The molecule has 4 nitrogen and oxygen atoms in total. The van der Waals surface area contributed by atoms with Crippen LogP contribution in [-0.2, 0) is 9.53 Å². The molecule has 0 aromatic heterocycles. The first-order valence-corrected chi connectivity index (χ1v) is 5.21. The van der Waals surface area contributed by atoms with Crippen LogP contribution in [0.2, 0.25) is 0 Å². The Labute approximate surface area is 98.3 Å². The fraction of sp³-hybridized carbons (Fsp3) is 0.900. The number of nitrogens with one attached hydrogen (secondary N) is 1.